The molecule has 1 fully saturated rings. The third-order valence-electron chi connectivity index (χ3n) is 4.30. The molecular weight excluding hydrogens is 220 g/mol. The summed E-state index contributed by atoms with van der Waals surface area (Å²) in [5.74, 6) is 1.29. The van der Waals surface area contributed by atoms with Gasteiger partial charge in [0.15, 0.2) is 0 Å². The van der Waals surface area contributed by atoms with Crippen molar-refractivity contribution in [3.8, 4) is 0 Å². The van der Waals surface area contributed by atoms with Crippen molar-refractivity contribution in [2.75, 3.05) is 19.6 Å². The minimum atomic E-state index is 0.415. The number of hydrogen-bond acceptors (Lipinski definition) is 2. The van der Waals surface area contributed by atoms with Gasteiger partial charge in [-0.1, -0.05) is 50.6 Å². The zero-order valence-corrected chi connectivity index (χ0v) is 11.7. The average Bonchev–Trinajstić information content (AvgIpc) is 2.42. The summed E-state index contributed by atoms with van der Waals surface area (Å²) in [6.07, 6.45) is 2.36. The molecule has 3 unspecified atom stereocenters. The second-order valence-corrected chi connectivity index (χ2v) is 5.69. The van der Waals surface area contributed by atoms with Crippen molar-refractivity contribution < 1.29 is 0 Å². The van der Waals surface area contributed by atoms with E-state index < -0.39 is 0 Å². The van der Waals surface area contributed by atoms with Crippen molar-refractivity contribution in [2.24, 2.45) is 11.7 Å². The number of piperidine rings is 1. The standard InChI is InChI=1S/C16H26N2/c1-3-14-12-18(10-9-16(14)17)11-13(2)15-7-5-4-6-8-15/h4-8,13-14,16H,3,9-12,17H2,1-2H3. The van der Waals surface area contributed by atoms with Crippen molar-refractivity contribution in [1.29, 1.82) is 0 Å². The zero-order valence-electron chi connectivity index (χ0n) is 11.7. The molecule has 1 aliphatic heterocycles. The third kappa shape index (κ3) is 3.33. The van der Waals surface area contributed by atoms with Crippen LogP contribution in [0.3, 0.4) is 0 Å². The van der Waals surface area contributed by atoms with Crippen LogP contribution < -0.4 is 5.73 Å². The Morgan fingerprint density at radius 1 is 1.33 bits per heavy atom. The van der Waals surface area contributed by atoms with Crippen LogP contribution in [0, 0.1) is 5.92 Å². The predicted molar refractivity (Wildman–Crippen MR) is 77.7 cm³/mol. The first-order chi connectivity index (χ1) is 8.70. The van der Waals surface area contributed by atoms with Crippen LogP contribution in [0.15, 0.2) is 30.3 Å². The van der Waals surface area contributed by atoms with Crippen LogP contribution in [0.2, 0.25) is 0 Å². The van der Waals surface area contributed by atoms with E-state index in [2.05, 4.69) is 49.1 Å². The fourth-order valence-corrected chi connectivity index (χ4v) is 3.00. The Labute approximate surface area is 111 Å². The van der Waals surface area contributed by atoms with Crippen molar-refractivity contribution in [3.63, 3.8) is 0 Å². The van der Waals surface area contributed by atoms with E-state index in [9.17, 15) is 0 Å². The molecule has 0 bridgehead atoms. The van der Waals surface area contributed by atoms with E-state index in [0.717, 1.165) is 19.5 Å². The van der Waals surface area contributed by atoms with Crippen molar-refractivity contribution in [1.82, 2.24) is 4.90 Å². The lowest BCUT2D eigenvalue weighted by Gasteiger charge is -2.37. The highest BCUT2D eigenvalue weighted by Crippen LogP contribution is 2.22. The number of rotatable bonds is 4. The molecule has 100 valence electrons. The fraction of sp³-hybridized carbons (Fsp3) is 0.625. The van der Waals surface area contributed by atoms with Gasteiger partial charge in [-0.15, -0.1) is 0 Å². The van der Waals surface area contributed by atoms with Gasteiger partial charge in [-0.05, 0) is 30.4 Å². The van der Waals surface area contributed by atoms with E-state index >= 15 is 0 Å². The molecule has 0 aromatic heterocycles. The van der Waals surface area contributed by atoms with Crippen LogP contribution in [0.25, 0.3) is 0 Å². The first-order valence-corrected chi connectivity index (χ1v) is 7.23. The van der Waals surface area contributed by atoms with E-state index in [0.29, 0.717) is 17.9 Å². The molecule has 1 aromatic rings. The van der Waals surface area contributed by atoms with Crippen LogP contribution >= 0.6 is 0 Å². The minimum Gasteiger partial charge on any atom is -0.327 e. The Balaban J connectivity index is 1.90. The molecule has 2 nitrogen and oxygen atoms in total. The summed E-state index contributed by atoms with van der Waals surface area (Å²) in [7, 11) is 0. The maximum Gasteiger partial charge on any atom is 0.00914 e. The van der Waals surface area contributed by atoms with Gasteiger partial charge in [0.1, 0.15) is 0 Å². The highest BCUT2D eigenvalue weighted by Gasteiger charge is 2.25. The van der Waals surface area contributed by atoms with Crippen molar-refractivity contribution in [2.45, 2.75) is 38.6 Å². The topological polar surface area (TPSA) is 29.3 Å². The summed E-state index contributed by atoms with van der Waals surface area (Å²) in [5, 5.41) is 0. The van der Waals surface area contributed by atoms with Crippen LogP contribution in [0.1, 0.15) is 38.2 Å². The molecule has 1 aliphatic rings. The van der Waals surface area contributed by atoms with Gasteiger partial charge < -0.3 is 10.6 Å². The number of nitrogens with zero attached hydrogens (tertiary/aromatic N) is 1. The number of hydrogen-bond donors (Lipinski definition) is 1. The lowest BCUT2D eigenvalue weighted by Crippen LogP contribution is -2.47. The van der Waals surface area contributed by atoms with Crippen LogP contribution in [0.4, 0.5) is 0 Å². The van der Waals surface area contributed by atoms with E-state index in [1.54, 1.807) is 0 Å². The predicted octanol–water partition coefficient (Wildman–Crippen LogP) is 2.85. The van der Waals surface area contributed by atoms with E-state index in [-0.39, 0.29) is 0 Å². The summed E-state index contributed by atoms with van der Waals surface area (Å²) in [6.45, 7) is 8.08. The first kappa shape index (κ1) is 13.6. The zero-order chi connectivity index (χ0) is 13.0. The van der Waals surface area contributed by atoms with Crippen LogP contribution in [-0.2, 0) is 0 Å². The Morgan fingerprint density at radius 3 is 2.72 bits per heavy atom. The summed E-state index contributed by atoms with van der Waals surface area (Å²) < 4.78 is 0. The lowest BCUT2D eigenvalue weighted by molar-refractivity contribution is 0.146. The maximum absolute atomic E-state index is 6.17. The van der Waals surface area contributed by atoms with Gasteiger partial charge in [0.25, 0.3) is 0 Å². The highest BCUT2D eigenvalue weighted by atomic mass is 15.1. The second-order valence-electron chi connectivity index (χ2n) is 5.69. The van der Waals surface area contributed by atoms with E-state index in [4.69, 9.17) is 5.73 Å². The molecule has 1 aromatic carbocycles. The monoisotopic (exact) mass is 246 g/mol. The normalized spacial score (nSPS) is 27.1. The van der Waals surface area contributed by atoms with E-state index in [1.165, 1.54) is 18.5 Å². The van der Waals surface area contributed by atoms with Crippen LogP contribution in [-0.4, -0.2) is 30.6 Å². The molecule has 18 heavy (non-hydrogen) atoms. The molecule has 2 N–H and O–H groups in total. The third-order valence-corrected chi connectivity index (χ3v) is 4.30. The number of likely N-dealkylation sites (tertiary alicyclic amines) is 1. The molecule has 2 rings (SSSR count). The molecule has 0 spiro atoms. The van der Waals surface area contributed by atoms with Gasteiger partial charge in [-0.2, -0.15) is 0 Å². The maximum atomic E-state index is 6.17. The van der Waals surface area contributed by atoms with Gasteiger partial charge >= 0.3 is 0 Å². The van der Waals surface area contributed by atoms with E-state index in [1.807, 2.05) is 0 Å². The van der Waals surface area contributed by atoms with Gasteiger partial charge in [0.2, 0.25) is 0 Å². The smallest absolute Gasteiger partial charge is 0.00914 e. The molecule has 0 amide bonds. The average molecular weight is 246 g/mol. The van der Waals surface area contributed by atoms with Crippen molar-refractivity contribution in [3.05, 3.63) is 35.9 Å². The summed E-state index contributed by atoms with van der Waals surface area (Å²) in [4.78, 5) is 2.59. The van der Waals surface area contributed by atoms with Gasteiger partial charge in [0.05, 0.1) is 0 Å². The fourth-order valence-electron chi connectivity index (χ4n) is 3.00. The Morgan fingerprint density at radius 2 is 2.06 bits per heavy atom. The highest BCUT2D eigenvalue weighted by molar-refractivity contribution is 5.19. The molecular formula is C16H26N2. The molecule has 0 radical (unpaired) electrons. The van der Waals surface area contributed by atoms with Gasteiger partial charge in [-0.3, -0.25) is 0 Å². The quantitative estimate of drug-likeness (QED) is 0.885. The van der Waals surface area contributed by atoms with Crippen LogP contribution in [0.5, 0.6) is 0 Å². The number of benzene rings is 1. The SMILES string of the molecule is CCC1CN(CC(C)c2ccccc2)CCC1N. The molecule has 0 aliphatic carbocycles. The minimum absolute atomic E-state index is 0.415. The summed E-state index contributed by atoms with van der Waals surface area (Å²) in [6, 6.07) is 11.2. The second kappa shape index (κ2) is 6.35. The Hall–Kier alpha value is -0.860. The summed E-state index contributed by atoms with van der Waals surface area (Å²) >= 11 is 0. The molecule has 1 heterocycles. The molecule has 3 atom stereocenters. The molecule has 2 heteroatoms. The largest absolute Gasteiger partial charge is 0.327 e. The summed E-state index contributed by atoms with van der Waals surface area (Å²) in [5.41, 5.74) is 7.61. The first-order valence-electron chi connectivity index (χ1n) is 7.23. The molecule has 1 saturated heterocycles. The number of nitrogens with two attached hydrogens (primary N) is 1. The molecule has 0 saturated carbocycles. The Bertz CT molecular complexity index is 349. The Kier molecular flexibility index (Phi) is 4.79. The van der Waals surface area contributed by atoms with Gasteiger partial charge in [0, 0.05) is 19.1 Å². The van der Waals surface area contributed by atoms with Gasteiger partial charge in [-0.25, -0.2) is 0 Å². The lowest BCUT2D eigenvalue weighted by atomic mass is 9.89. The van der Waals surface area contributed by atoms with Crippen molar-refractivity contribution >= 4 is 0 Å².